The largest absolute Gasteiger partial charge is 0.435 e. The maximum atomic E-state index is 12.1. The number of aryl methyl sites for hydroxylation is 1. The normalized spacial score (nSPS) is 10.6. The SMILES string of the molecule is CCc1cc(CC(=O)CBr)ccc1OC(F)F. The summed E-state index contributed by atoms with van der Waals surface area (Å²) < 4.78 is 28.6. The summed E-state index contributed by atoms with van der Waals surface area (Å²) in [5.41, 5.74) is 1.50. The van der Waals surface area contributed by atoms with Crippen molar-refractivity contribution in [3.63, 3.8) is 0 Å². The van der Waals surface area contributed by atoms with Gasteiger partial charge in [-0.1, -0.05) is 35.0 Å². The second kappa shape index (κ2) is 6.69. The highest BCUT2D eigenvalue weighted by Gasteiger charge is 2.10. The summed E-state index contributed by atoms with van der Waals surface area (Å²) in [6.45, 7) is -0.973. The Labute approximate surface area is 107 Å². The average molecular weight is 307 g/mol. The number of carbonyl (C=O) groups excluding carboxylic acids is 1. The van der Waals surface area contributed by atoms with Gasteiger partial charge < -0.3 is 4.74 Å². The number of benzene rings is 1. The molecule has 0 N–H and O–H groups in total. The van der Waals surface area contributed by atoms with Gasteiger partial charge in [-0.15, -0.1) is 0 Å². The molecule has 1 rings (SSSR count). The Morgan fingerprint density at radius 3 is 2.71 bits per heavy atom. The van der Waals surface area contributed by atoms with Crippen LogP contribution in [-0.4, -0.2) is 17.7 Å². The lowest BCUT2D eigenvalue weighted by Gasteiger charge is -2.10. The van der Waals surface area contributed by atoms with Gasteiger partial charge >= 0.3 is 6.61 Å². The molecule has 1 aromatic rings. The van der Waals surface area contributed by atoms with E-state index in [4.69, 9.17) is 0 Å². The van der Waals surface area contributed by atoms with E-state index in [-0.39, 0.29) is 11.5 Å². The molecule has 0 atom stereocenters. The Hall–Kier alpha value is -0.970. The van der Waals surface area contributed by atoms with Crippen LogP contribution >= 0.6 is 15.9 Å². The zero-order valence-electron chi connectivity index (χ0n) is 9.38. The predicted octanol–water partition coefficient (Wildman–Crippen LogP) is 3.36. The number of hydrogen-bond donors (Lipinski definition) is 0. The highest BCUT2D eigenvalue weighted by molar-refractivity contribution is 9.09. The van der Waals surface area contributed by atoms with Crippen LogP contribution in [0, 0.1) is 0 Å². The molecule has 0 saturated carbocycles. The molecule has 0 amide bonds. The van der Waals surface area contributed by atoms with Crippen molar-refractivity contribution in [3.8, 4) is 5.75 Å². The number of ketones is 1. The van der Waals surface area contributed by atoms with Crippen molar-refractivity contribution in [1.82, 2.24) is 0 Å². The second-order valence-corrected chi connectivity index (χ2v) is 4.08. The van der Waals surface area contributed by atoms with Crippen LogP contribution in [0.4, 0.5) is 8.78 Å². The van der Waals surface area contributed by atoms with Crippen molar-refractivity contribution >= 4 is 21.7 Å². The molecule has 17 heavy (non-hydrogen) atoms. The van der Waals surface area contributed by atoms with Gasteiger partial charge in [0.2, 0.25) is 0 Å². The van der Waals surface area contributed by atoms with Gasteiger partial charge in [0.05, 0.1) is 5.33 Å². The first-order valence-corrected chi connectivity index (χ1v) is 6.33. The van der Waals surface area contributed by atoms with Crippen LogP contribution in [0.2, 0.25) is 0 Å². The van der Waals surface area contributed by atoms with E-state index in [1.165, 1.54) is 6.07 Å². The summed E-state index contributed by atoms with van der Waals surface area (Å²) in [7, 11) is 0. The molecule has 94 valence electrons. The van der Waals surface area contributed by atoms with Crippen molar-refractivity contribution in [2.45, 2.75) is 26.4 Å². The lowest BCUT2D eigenvalue weighted by Crippen LogP contribution is -2.07. The summed E-state index contributed by atoms with van der Waals surface area (Å²) in [5.74, 6) is 0.229. The molecular weight excluding hydrogens is 294 g/mol. The minimum absolute atomic E-state index is 0.0505. The third kappa shape index (κ3) is 4.42. The molecule has 2 nitrogen and oxygen atoms in total. The van der Waals surface area contributed by atoms with E-state index in [9.17, 15) is 13.6 Å². The maximum Gasteiger partial charge on any atom is 0.387 e. The molecule has 0 spiro atoms. The summed E-state index contributed by atoms with van der Waals surface area (Å²) in [6, 6.07) is 4.86. The number of ether oxygens (including phenoxy) is 1. The van der Waals surface area contributed by atoms with Gasteiger partial charge in [-0.2, -0.15) is 8.78 Å². The predicted molar refractivity (Wildman–Crippen MR) is 65.0 cm³/mol. The molecule has 1 aromatic carbocycles. The van der Waals surface area contributed by atoms with E-state index in [1.807, 2.05) is 6.92 Å². The Morgan fingerprint density at radius 1 is 1.47 bits per heavy atom. The highest BCUT2D eigenvalue weighted by Crippen LogP contribution is 2.23. The van der Waals surface area contributed by atoms with Crippen molar-refractivity contribution < 1.29 is 18.3 Å². The summed E-state index contributed by atoms with van der Waals surface area (Å²) >= 11 is 3.08. The van der Waals surface area contributed by atoms with E-state index in [0.717, 1.165) is 5.56 Å². The fourth-order valence-corrected chi connectivity index (χ4v) is 1.70. The van der Waals surface area contributed by atoms with Crippen LogP contribution in [0.1, 0.15) is 18.1 Å². The smallest absolute Gasteiger partial charge is 0.387 e. The van der Waals surface area contributed by atoms with Crippen LogP contribution in [0.5, 0.6) is 5.75 Å². The van der Waals surface area contributed by atoms with Crippen molar-refractivity contribution in [2.24, 2.45) is 0 Å². The lowest BCUT2D eigenvalue weighted by molar-refractivity contribution is -0.115. The standard InChI is InChI=1S/C12H13BrF2O2/c1-2-9-5-8(6-10(16)7-13)3-4-11(9)17-12(14)15/h3-5,12H,2,6-7H2,1H3. The third-order valence-electron chi connectivity index (χ3n) is 2.27. The molecule has 0 aliphatic carbocycles. The number of alkyl halides is 3. The highest BCUT2D eigenvalue weighted by atomic mass is 79.9. The van der Waals surface area contributed by atoms with E-state index >= 15 is 0 Å². The van der Waals surface area contributed by atoms with Crippen LogP contribution < -0.4 is 4.74 Å². The Balaban J connectivity index is 2.88. The first-order valence-electron chi connectivity index (χ1n) is 5.21. The van der Waals surface area contributed by atoms with Gasteiger partial charge in [0.15, 0.2) is 0 Å². The minimum Gasteiger partial charge on any atom is -0.435 e. The van der Waals surface area contributed by atoms with Crippen molar-refractivity contribution in [2.75, 3.05) is 5.33 Å². The molecule has 0 saturated heterocycles. The minimum atomic E-state index is -2.82. The van der Waals surface area contributed by atoms with Crippen LogP contribution in [0.25, 0.3) is 0 Å². The number of halogens is 3. The Morgan fingerprint density at radius 2 is 2.18 bits per heavy atom. The van der Waals surface area contributed by atoms with Gasteiger partial charge in [0.1, 0.15) is 11.5 Å². The molecule has 0 heterocycles. The topological polar surface area (TPSA) is 26.3 Å². The Bertz CT molecular complexity index is 394. The molecule has 0 aliphatic heterocycles. The second-order valence-electron chi connectivity index (χ2n) is 3.52. The molecule has 0 aromatic heterocycles. The molecule has 0 bridgehead atoms. The van der Waals surface area contributed by atoms with Gasteiger partial charge in [-0.25, -0.2) is 0 Å². The van der Waals surface area contributed by atoms with E-state index in [1.54, 1.807) is 12.1 Å². The fraction of sp³-hybridized carbons (Fsp3) is 0.417. The first-order chi connectivity index (χ1) is 8.06. The van der Waals surface area contributed by atoms with Crippen molar-refractivity contribution in [1.29, 1.82) is 0 Å². The zero-order valence-corrected chi connectivity index (χ0v) is 11.0. The van der Waals surface area contributed by atoms with Crippen molar-refractivity contribution in [3.05, 3.63) is 29.3 Å². The summed E-state index contributed by atoms with van der Waals surface area (Å²) in [4.78, 5) is 11.2. The number of rotatable bonds is 6. The average Bonchev–Trinajstić information content (AvgIpc) is 2.30. The molecular formula is C12H13BrF2O2. The molecule has 0 unspecified atom stereocenters. The molecule has 0 aliphatic rings. The molecule has 0 radical (unpaired) electrons. The van der Waals surface area contributed by atoms with E-state index in [2.05, 4.69) is 20.7 Å². The van der Waals surface area contributed by atoms with E-state index in [0.29, 0.717) is 23.7 Å². The zero-order chi connectivity index (χ0) is 12.8. The first kappa shape index (κ1) is 14.1. The fourth-order valence-electron chi connectivity index (χ4n) is 1.50. The van der Waals surface area contributed by atoms with E-state index < -0.39 is 6.61 Å². The summed E-state index contributed by atoms with van der Waals surface area (Å²) in [6.07, 6.45) is 0.881. The molecule has 0 fully saturated rings. The Kier molecular flexibility index (Phi) is 5.55. The van der Waals surface area contributed by atoms with Gasteiger partial charge in [0, 0.05) is 6.42 Å². The van der Waals surface area contributed by atoms with Gasteiger partial charge in [0.25, 0.3) is 0 Å². The van der Waals surface area contributed by atoms with Gasteiger partial charge in [-0.05, 0) is 23.6 Å². The molecule has 5 heteroatoms. The summed E-state index contributed by atoms with van der Waals surface area (Å²) in [5, 5.41) is 0.295. The quantitative estimate of drug-likeness (QED) is 0.753. The number of carbonyl (C=O) groups is 1. The maximum absolute atomic E-state index is 12.1. The van der Waals surface area contributed by atoms with Crippen LogP contribution in [-0.2, 0) is 17.6 Å². The monoisotopic (exact) mass is 306 g/mol. The number of Topliss-reactive ketones (excluding diaryl/α,β-unsaturated/α-hetero) is 1. The third-order valence-corrected chi connectivity index (χ3v) is 2.90. The number of hydrogen-bond acceptors (Lipinski definition) is 2. The van der Waals surface area contributed by atoms with Gasteiger partial charge in [-0.3, -0.25) is 4.79 Å². The lowest BCUT2D eigenvalue weighted by atomic mass is 10.0. The van der Waals surface area contributed by atoms with Crippen LogP contribution in [0.15, 0.2) is 18.2 Å². The van der Waals surface area contributed by atoms with Crippen LogP contribution in [0.3, 0.4) is 0 Å².